The van der Waals surface area contributed by atoms with E-state index < -0.39 is 0 Å². The van der Waals surface area contributed by atoms with Crippen molar-refractivity contribution in [2.24, 2.45) is 23.7 Å². The van der Waals surface area contributed by atoms with Crippen molar-refractivity contribution in [3.63, 3.8) is 0 Å². The third-order valence-electron chi connectivity index (χ3n) is 7.30. The van der Waals surface area contributed by atoms with Crippen LogP contribution in [0.15, 0.2) is 30.9 Å². The minimum absolute atomic E-state index is 0.231. The number of aryl methyl sites for hydroxylation is 1. The summed E-state index contributed by atoms with van der Waals surface area (Å²) >= 11 is 5.78. The van der Waals surface area contributed by atoms with Crippen LogP contribution in [-0.4, -0.2) is 0 Å². The highest BCUT2D eigenvalue weighted by Crippen LogP contribution is 2.43. The Morgan fingerprint density at radius 3 is 2.07 bits per heavy atom. The van der Waals surface area contributed by atoms with Gasteiger partial charge >= 0.3 is 0 Å². The Hall–Kier alpha value is -0.820. The van der Waals surface area contributed by atoms with Crippen LogP contribution in [0, 0.1) is 29.5 Å². The van der Waals surface area contributed by atoms with Gasteiger partial charge < -0.3 is 0 Å². The number of hydrogen-bond donors (Lipinski definition) is 0. The second kappa shape index (κ2) is 10.6. The second-order valence-corrected chi connectivity index (χ2v) is 9.48. The Balaban J connectivity index is 1.34. The lowest BCUT2D eigenvalue weighted by atomic mass is 9.68. The highest BCUT2D eigenvalue weighted by molar-refractivity contribution is 6.30. The lowest BCUT2D eigenvalue weighted by Crippen LogP contribution is -2.26. The Kier molecular flexibility index (Phi) is 8.24. The normalized spacial score (nSPS) is 28.8. The van der Waals surface area contributed by atoms with Crippen LogP contribution in [0.3, 0.4) is 0 Å². The molecule has 0 saturated heterocycles. The Morgan fingerprint density at radius 2 is 1.52 bits per heavy atom. The maximum atomic E-state index is 13.6. The SMILES string of the molecule is C=CCCCC1CCC(C2CCC(CCc3ccc(Cl)c(F)c3)CC2)CC1. The number of halogens is 2. The van der Waals surface area contributed by atoms with E-state index in [1.165, 1.54) is 77.0 Å². The number of benzene rings is 1. The van der Waals surface area contributed by atoms with Crippen molar-refractivity contribution >= 4 is 11.6 Å². The van der Waals surface area contributed by atoms with Crippen molar-refractivity contribution in [2.45, 2.75) is 83.5 Å². The fourth-order valence-electron chi connectivity index (χ4n) is 5.51. The smallest absolute Gasteiger partial charge is 0.142 e. The van der Waals surface area contributed by atoms with Crippen molar-refractivity contribution in [3.8, 4) is 0 Å². The van der Waals surface area contributed by atoms with E-state index in [0.29, 0.717) is 0 Å². The quantitative estimate of drug-likeness (QED) is 0.309. The van der Waals surface area contributed by atoms with Crippen LogP contribution in [0.1, 0.15) is 82.6 Å². The molecule has 0 aromatic heterocycles. The highest BCUT2D eigenvalue weighted by Gasteiger charge is 2.30. The van der Waals surface area contributed by atoms with E-state index in [2.05, 4.69) is 12.7 Å². The zero-order valence-electron chi connectivity index (χ0n) is 16.8. The van der Waals surface area contributed by atoms with E-state index in [1.807, 2.05) is 6.07 Å². The molecule has 0 heterocycles. The van der Waals surface area contributed by atoms with Crippen LogP contribution in [0.5, 0.6) is 0 Å². The molecular weight excluding hydrogens is 355 g/mol. The summed E-state index contributed by atoms with van der Waals surface area (Å²) in [6.07, 6.45) is 19.6. The molecule has 150 valence electrons. The van der Waals surface area contributed by atoms with Crippen LogP contribution in [0.4, 0.5) is 4.39 Å². The first kappa shape index (κ1) is 20.9. The first-order valence-electron chi connectivity index (χ1n) is 11.2. The lowest BCUT2D eigenvalue weighted by molar-refractivity contribution is 0.141. The fourth-order valence-corrected chi connectivity index (χ4v) is 5.63. The summed E-state index contributed by atoms with van der Waals surface area (Å²) in [5, 5.41) is 0.231. The van der Waals surface area contributed by atoms with Crippen LogP contribution in [0.25, 0.3) is 0 Å². The van der Waals surface area contributed by atoms with Gasteiger partial charge in [0.2, 0.25) is 0 Å². The molecule has 0 spiro atoms. The van der Waals surface area contributed by atoms with Crippen LogP contribution in [0.2, 0.25) is 5.02 Å². The van der Waals surface area contributed by atoms with Gasteiger partial charge in [0.25, 0.3) is 0 Å². The summed E-state index contributed by atoms with van der Waals surface area (Å²) in [6.45, 7) is 3.84. The van der Waals surface area contributed by atoms with Crippen molar-refractivity contribution in [3.05, 3.63) is 47.3 Å². The minimum atomic E-state index is -0.280. The van der Waals surface area contributed by atoms with Gasteiger partial charge in [0.05, 0.1) is 5.02 Å². The van der Waals surface area contributed by atoms with Crippen LogP contribution >= 0.6 is 11.6 Å². The van der Waals surface area contributed by atoms with Gasteiger partial charge in [0.15, 0.2) is 0 Å². The summed E-state index contributed by atoms with van der Waals surface area (Å²) in [5.74, 6) is 3.50. The maximum Gasteiger partial charge on any atom is 0.142 e. The van der Waals surface area contributed by atoms with E-state index in [-0.39, 0.29) is 10.8 Å². The molecule has 0 N–H and O–H groups in total. The average Bonchev–Trinajstić information content (AvgIpc) is 2.70. The molecule has 2 saturated carbocycles. The van der Waals surface area contributed by atoms with Crippen molar-refractivity contribution in [2.75, 3.05) is 0 Å². The molecule has 3 rings (SSSR count). The molecule has 0 bridgehead atoms. The van der Waals surface area contributed by atoms with E-state index >= 15 is 0 Å². The summed E-state index contributed by atoms with van der Waals surface area (Å²) in [4.78, 5) is 0. The Bertz CT molecular complexity index is 580. The summed E-state index contributed by atoms with van der Waals surface area (Å²) in [7, 11) is 0. The molecule has 2 aliphatic rings. The second-order valence-electron chi connectivity index (χ2n) is 9.07. The van der Waals surface area contributed by atoms with E-state index in [0.717, 1.165) is 35.7 Å². The molecule has 0 atom stereocenters. The van der Waals surface area contributed by atoms with E-state index in [1.54, 1.807) is 12.1 Å². The first-order chi connectivity index (χ1) is 13.2. The van der Waals surface area contributed by atoms with Crippen molar-refractivity contribution in [1.29, 1.82) is 0 Å². The standard InChI is InChI=1S/C25H36ClF/c1-2-3-4-5-19-8-13-22(14-9-19)23-15-10-20(11-16-23)6-7-21-12-17-24(26)25(27)18-21/h2,12,17-20,22-23H,1,3-11,13-16H2. The van der Waals surface area contributed by atoms with Crippen LogP contribution in [-0.2, 0) is 6.42 Å². The van der Waals surface area contributed by atoms with Gasteiger partial charge in [-0.2, -0.15) is 0 Å². The number of allylic oxidation sites excluding steroid dienone is 1. The van der Waals surface area contributed by atoms with Gasteiger partial charge in [-0.25, -0.2) is 4.39 Å². The number of rotatable bonds is 8. The monoisotopic (exact) mass is 390 g/mol. The number of unbranched alkanes of at least 4 members (excludes halogenated alkanes) is 1. The summed E-state index contributed by atoms with van der Waals surface area (Å²) in [6, 6.07) is 5.28. The predicted molar refractivity (Wildman–Crippen MR) is 115 cm³/mol. The van der Waals surface area contributed by atoms with Gasteiger partial charge in [0, 0.05) is 0 Å². The van der Waals surface area contributed by atoms with Gasteiger partial charge in [-0.15, -0.1) is 6.58 Å². The predicted octanol–water partition coefficient (Wildman–Crippen LogP) is 8.38. The molecule has 0 nitrogen and oxygen atoms in total. The highest BCUT2D eigenvalue weighted by atomic mass is 35.5. The molecule has 1 aromatic carbocycles. The molecular formula is C25H36ClF. The maximum absolute atomic E-state index is 13.6. The van der Waals surface area contributed by atoms with Crippen molar-refractivity contribution in [1.82, 2.24) is 0 Å². The van der Waals surface area contributed by atoms with Crippen LogP contribution < -0.4 is 0 Å². The van der Waals surface area contributed by atoms with E-state index in [4.69, 9.17) is 11.6 Å². The summed E-state index contributed by atoms with van der Waals surface area (Å²) < 4.78 is 13.6. The molecule has 0 radical (unpaired) electrons. The Morgan fingerprint density at radius 1 is 0.926 bits per heavy atom. The molecule has 2 fully saturated rings. The first-order valence-corrected chi connectivity index (χ1v) is 11.6. The number of hydrogen-bond acceptors (Lipinski definition) is 0. The minimum Gasteiger partial charge on any atom is -0.205 e. The van der Waals surface area contributed by atoms with Gasteiger partial charge in [0.1, 0.15) is 5.82 Å². The van der Waals surface area contributed by atoms with E-state index in [9.17, 15) is 4.39 Å². The molecule has 0 unspecified atom stereocenters. The summed E-state index contributed by atoms with van der Waals surface area (Å²) in [5.41, 5.74) is 1.09. The van der Waals surface area contributed by atoms with Gasteiger partial charge in [-0.05, 0) is 92.7 Å². The third kappa shape index (κ3) is 6.34. The molecule has 0 amide bonds. The lowest BCUT2D eigenvalue weighted by Gasteiger charge is -2.38. The topological polar surface area (TPSA) is 0 Å². The average molecular weight is 391 g/mol. The fraction of sp³-hybridized carbons (Fsp3) is 0.680. The Labute approximate surface area is 170 Å². The van der Waals surface area contributed by atoms with Gasteiger partial charge in [-0.1, -0.05) is 55.8 Å². The zero-order valence-corrected chi connectivity index (χ0v) is 17.5. The molecule has 2 heteroatoms. The third-order valence-corrected chi connectivity index (χ3v) is 7.60. The molecule has 1 aromatic rings. The van der Waals surface area contributed by atoms with Crippen molar-refractivity contribution < 1.29 is 4.39 Å². The zero-order chi connectivity index (χ0) is 19.1. The molecule has 2 aliphatic carbocycles. The van der Waals surface area contributed by atoms with Gasteiger partial charge in [-0.3, -0.25) is 0 Å². The largest absolute Gasteiger partial charge is 0.205 e. The molecule has 0 aliphatic heterocycles. The molecule has 27 heavy (non-hydrogen) atoms.